The van der Waals surface area contributed by atoms with Crippen molar-refractivity contribution >= 4 is 64.8 Å². The van der Waals surface area contributed by atoms with E-state index in [-0.39, 0.29) is 0 Å². The molecule has 0 saturated carbocycles. The second kappa shape index (κ2) is 11.6. The van der Waals surface area contributed by atoms with Crippen molar-refractivity contribution in [3.8, 4) is 0 Å². The highest BCUT2D eigenvalue weighted by molar-refractivity contribution is 7.47. The molecule has 0 N–H and O–H groups in total. The molecule has 0 aliphatic rings. The zero-order valence-electron chi connectivity index (χ0n) is 7.61. The van der Waals surface area contributed by atoms with Gasteiger partial charge in [0.05, 0.1) is 7.28 Å². The van der Waals surface area contributed by atoms with Crippen molar-refractivity contribution in [2.24, 2.45) is 0 Å². The Morgan fingerprint density at radius 3 is 2.08 bits per heavy atom. The lowest BCUT2D eigenvalue weighted by Crippen LogP contribution is -2.23. The van der Waals surface area contributed by atoms with Gasteiger partial charge < -0.3 is 0 Å². The third kappa shape index (κ3) is 10.6. The van der Waals surface area contributed by atoms with E-state index in [1.807, 2.05) is 28.1 Å². The van der Waals surface area contributed by atoms with Crippen LogP contribution in [0.5, 0.6) is 0 Å². The van der Waals surface area contributed by atoms with Crippen LogP contribution >= 0.6 is 0 Å². The number of hydrogen-bond acceptors (Lipinski definition) is 0. The molecule has 0 spiro atoms. The summed E-state index contributed by atoms with van der Waals surface area (Å²) in [6.45, 7) is 2.05. The highest BCUT2D eigenvalue weighted by atomic mass is 13.2. The molecule has 0 heterocycles. The highest BCUT2D eigenvalue weighted by Crippen LogP contribution is 1.74. The first-order valence-electron chi connectivity index (χ1n) is 4.21. The van der Waals surface area contributed by atoms with E-state index in [2.05, 4.69) is 28.7 Å². The molecule has 0 bridgehead atoms. The van der Waals surface area contributed by atoms with Crippen LogP contribution in [0.25, 0.3) is 0 Å². The summed E-state index contributed by atoms with van der Waals surface area (Å²) in [5.74, 6) is 0. The molecule has 0 nitrogen and oxygen atoms in total. The first-order valence-corrected chi connectivity index (χ1v) is 4.21. The molecule has 9 heteroatoms. The Morgan fingerprint density at radius 1 is 0.917 bits per heavy atom. The van der Waals surface area contributed by atoms with Gasteiger partial charge >= 0.3 is 0 Å². The van der Waals surface area contributed by atoms with Gasteiger partial charge in [0.25, 0.3) is 0 Å². The van der Waals surface area contributed by atoms with Gasteiger partial charge in [-0.15, -0.1) is 12.4 Å². The normalized spacial score (nSPS) is 7.75. The monoisotopic (exact) mass is 142 g/mol. The van der Waals surface area contributed by atoms with Crippen LogP contribution < -0.4 is 0 Å². The molecule has 12 heavy (non-hydrogen) atoms. The summed E-state index contributed by atoms with van der Waals surface area (Å²) in [5.41, 5.74) is 0. The predicted octanol–water partition coefficient (Wildman–Crippen LogP) is -1.92. The van der Waals surface area contributed by atoms with Gasteiger partial charge in [0, 0.05) is 57.5 Å². The maximum atomic E-state index is 5.15. The van der Waals surface area contributed by atoms with Crippen LogP contribution in [0.3, 0.4) is 0 Å². The molecule has 0 amide bonds. The Balaban J connectivity index is 2.73. The van der Waals surface area contributed by atoms with E-state index < -0.39 is 0 Å². The Kier molecular flexibility index (Phi) is 12.1. The Morgan fingerprint density at radius 2 is 1.50 bits per heavy atom. The van der Waals surface area contributed by atoms with Gasteiger partial charge in [-0.05, 0) is 0 Å². The minimum atomic E-state index is 0.938. The van der Waals surface area contributed by atoms with Crippen molar-refractivity contribution in [1.82, 2.24) is 0 Å². The van der Waals surface area contributed by atoms with E-state index in [0.717, 1.165) is 12.4 Å². The van der Waals surface area contributed by atoms with E-state index in [1.54, 1.807) is 0 Å². The summed E-state index contributed by atoms with van der Waals surface area (Å²) in [5, 5.41) is 0. The quantitative estimate of drug-likeness (QED) is 0.259. The third-order valence-corrected chi connectivity index (χ3v) is 1.27. The molecular weight excluding hydrogens is 133 g/mol. The molecule has 0 aromatic carbocycles. The van der Waals surface area contributed by atoms with Gasteiger partial charge in [0.2, 0.25) is 0 Å². The summed E-state index contributed by atoms with van der Waals surface area (Å²) < 4.78 is 0. The lowest BCUT2D eigenvalue weighted by molar-refractivity contribution is 1.98. The first kappa shape index (κ1) is 12.6. The van der Waals surface area contributed by atoms with Gasteiger partial charge in [-0.3, -0.25) is 0 Å². The minimum absolute atomic E-state index is 0.938. The van der Waals surface area contributed by atoms with Crippen molar-refractivity contribution < 1.29 is 0 Å². The molecular formula is C3H7B9. The van der Waals surface area contributed by atoms with Gasteiger partial charge in [-0.1, -0.05) is 6.82 Å². The lowest BCUT2D eigenvalue weighted by atomic mass is 9.02. The number of hydrogen-bond donors (Lipinski definition) is 0. The van der Waals surface area contributed by atoms with Crippen LogP contribution in [0.2, 0.25) is 19.3 Å². The molecule has 0 aromatic rings. The van der Waals surface area contributed by atoms with Gasteiger partial charge in [0.1, 0.15) is 0 Å². The molecule has 0 fully saturated rings. The molecule has 0 aliphatic heterocycles. The Bertz CT molecular complexity index is 66.2. The van der Waals surface area contributed by atoms with Crippen LogP contribution in [0.15, 0.2) is 0 Å². The average Bonchev–Trinajstić information content (AvgIpc) is 2.10. The molecule has 46 valence electrons. The molecule has 0 unspecified atom stereocenters. The summed E-state index contributed by atoms with van der Waals surface area (Å²) >= 11 is 0. The summed E-state index contributed by atoms with van der Waals surface area (Å²) in [4.78, 5) is 0. The smallest absolute Gasteiger partial charge is 0.0958 e. The summed E-state index contributed by atoms with van der Waals surface area (Å²) in [6, 6.07) is 0. The molecule has 0 atom stereocenters. The van der Waals surface area contributed by atoms with Crippen molar-refractivity contribution in [3.05, 3.63) is 0 Å². The summed E-state index contributed by atoms with van der Waals surface area (Å²) in [6.07, 6.45) is 1.98. The van der Waals surface area contributed by atoms with Gasteiger partial charge in [0.15, 0.2) is 0 Å². The van der Waals surface area contributed by atoms with Gasteiger partial charge in [-0.2, -0.15) is 0 Å². The first-order chi connectivity index (χ1) is 5.91. The molecule has 0 rings (SSSR count). The zero-order chi connectivity index (χ0) is 9.07. The fraction of sp³-hybridized carbons (Fsp3) is 1.00. The van der Waals surface area contributed by atoms with Crippen LogP contribution in [0.4, 0.5) is 0 Å². The number of rotatable bonds is 9. The Labute approximate surface area is 84.4 Å². The third-order valence-electron chi connectivity index (χ3n) is 1.27. The van der Waals surface area contributed by atoms with Crippen LogP contribution in [0, 0.1) is 0 Å². The molecule has 10 radical (unpaired) electrons. The van der Waals surface area contributed by atoms with Crippen LogP contribution in [-0.2, 0) is 0 Å². The Hall–Kier alpha value is 0.584. The van der Waals surface area contributed by atoms with Crippen LogP contribution in [0.1, 0.15) is 0 Å². The highest BCUT2D eigenvalue weighted by Gasteiger charge is 1.95. The van der Waals surface area contributed by atoms with Crippen LogP contribution in [-0.4, -0.2) is 64.8 Å². The van der Waals surface area contributed by atoms with E-state index >= 15 is 0 Å². The van der Waals surface area contributed by atoms with Gasteiger partial charge in [-0.25, -0.2) is 0 Å². The van der Waals surface area contributed by atoms with E-state index in [0.29, 0.717) is 0 Å². The fourth-order valence-corrected chi connectivity index (χ4v) is 0.686. The standard InChI is InChI=1S/C3H7B9/c1-5-2-6-11-12-8-3-7-10-9-4/h2-3H2,1H3. The van der Waals surface area contributed by atoms with Crippen molar-refractivity contribution in [1.29, 1.82) is 0 Å². The van der Waals surface area contributed by atoms with Crippen molar-refractivity contribution in [3.63, 3.8) is 0 Å². The second-order valence-corrected chi connectivity index (χ2v) is 2.36. The maximum absolute atomic E-state index is 5.15. The zero-order valence-corrected chi connectivity index (χ0v) is 7.61. The fourth-order valence-electron chi connectivity index (χ4n) is 0.686. The SMILES string of the molecule is [B][B][B][B]C[B][B][B][B]C[B]C. The molecule has 0 aromatic heterocycles. The average molecular weight is 140 g/mol. The van der Waals surface area contributed by atoms with Crippen molar-refractivity contribution in [2.75, 3.05) is 0 Å². The molecule has 0 saturated heterocycles. The lowest BCUT2D eigenvalue weighted by Gasteiger charge is -1.94. The molecule has 0 aliphatic carbocycles. The largest absolute Gasteiger partial charge is 0.122 e. The second-order valence-electron chi connectivity index (χ2n) is 2.36. The van der Waals surface area contributed by atoms with E-state index in [9.17, 15) is 0 Å². The topological polar surface area (TPSA) is 0 Å². The van der Waals surface area contributed by atoms with E-state index in [1.165, 1.54) is 7.06 Å². The van der Waals surface area contributed by atoms with Crippen molar-refractivity contribution in [2.45, 2.75) is 19.3 Å². The van der Waals surface area contributed by atoms with E-state index in [4.69, 9.17) is 7.74 Å². The minimum Gasteiger partial charge on any atom is -0.122 e. The predicted molar refractivity (Wildman–Crippen MR) is 67.3 cm³/mol. The summed E-state index contributed by atoms with van der Waals surface area (Å²) in [7, 11) is 21.0. The maximum Gasteiger partial charge on any atom is 0.0958 e.